The van der Waals surface area contributed by atoms with Crippen LogP contribution in [0.1, 0.15) is 37.9 Å². The number of rotatable bonds is 6. The van der Waals surface area contributed by atoms with Crippen LogP contribution in [0.3, 0.4) is 0 Å². The number of benzene rings is 1. The minimum absolute atomic E-state index is 0.0767. The van der Waals surface area contributed by atoms with Crippen LogP contribution in [0, 0.1) is 0 Å². The maximum atomic E-state index is 12.5. The van der Waals surface area contributed by atoms with Crippen LogP contribution in [-0.4, -0.2) is 27.3 Å². The second-order valence-corrected chi connectivity index (χ2v) is 5.88. The SMILES string of the molecule is CCN(Cc1cnn(CC)c1)C(=O)N[C@@H](C)c1ccc(Cl)cc1. The summed E-state index contributed by atoms with van der Waals surface area (Å²) < 4.78 is 1.86. The molecular formula is C17H23ClN4O. The molecule has 0 saturated carbocycles. The first kappa shape index (κ1) is 17.3. The van der Waals surface area contributed by atoms with E-state index >= 15 is 0 Å². The second kappa shape index (κ2) is 8.02. The first-order valence-electron chi connectivity index (χ1n) is 7.85. The van der Waals surface area contributed by atoms with Gasteiger partial charge < -0.3 is 10.2 Å². The number of hydrogen-bond acceptors (Lipinski definition) is 2. The maximum Gasteiger partial charge on any atom is 0.318 e. The van der Waals surface area contributed by atoms with Gasteiger partial charge in [-0.1, -0.05) is 23.7 Å². The van der Waals surface area contributed by atoms with Crippen molar-refractivity contribution in [3.8, 4) is 0 Å². The van der Waals surface area contributed by atoms with Crippen molar-refractivity contribution >= 4 is 17.6 Å². The molecule has 124 valence electrons. The first-order valence-corrected chi connectivity index (χ1v) is 8.23. The number of halogens is 1. The van der Waals surface area contributed by atoms with Crippen LogP contribution in [0.15, 0.2) is 36.7 Å². The van der Waals surface area contributed by atoms with E-state index in [4.69, 9.17) is 11.6 Å². The van der Waals surface area contributed by atoms with Crippen molar-refractivity contribution in [2.24, 2.45) is 0 Å². The van der Waals surface area contributed by atoms with E-state index in [-0.39, 0.29) is 12.1 Å². The topological polar surface area (TPSA) is 50.2 Å². The highest BCUT2D eigenvalue weighted by atomic mass is 35.5. The summed E-state index contributed by atoms with van der Waals surface area (Å²) >= 11 is 5.90. The quantitative estimate of drug-likeness (QED) is 0.872. The summed E-state index contributed by atoms with van der Waals surface area (Å²) in [7, 11) is 0. The summed E-state index contributed by atoms with van der Waals surface area (Å²) in [4.78, 5) is 14.2. The van der Waals surface area contributed by atoms with Gasteiger partial charge >= 0.3 is 6.03 Å². The molecule has 1 atom stereocenters. The molecule has 0 aliphatic rings. The zero-order valence-corrected chi connectivity index (χ0v) is 14.5. The van der Waals surface area contributed by atoms with Crippen molar-refractivity contribution in [2.45, 2.75) is 39.9 Å². The molecule has 1 aromatic heterocycles. The van der Waals surface area contributed by atoms with Crippen LogP contribution in [0.2, 0.25) is 5.02 Å². The molecule has 1 heterocycles. The molecule has 0 unspecified atom stereocenters. The van der Waals surface area contributed by atoms with Gasteiger partial charge in [-0.25, -0.2) is 4.79 Å². The summed E-state index contributed by atoms with van der Waals surface area (Å²) in [5.74, 6) is 0. The Morgan fingerprint density at radius 1 is 1.35 bits per heavy atom. The fraction of sp³-hybridized carbons (Fsp3) is 0.412. The maximum absolute atomic E-state index is 12.5. The van der Waals surface area contributed by atoms with Gasteiger partial charge in [0.15, 0.2) is 0 Å². The third kappa shape index (κ3) is 4.73. The molecule has 0 saturated heterocycles. The molecule has 5 nitrogen and oxygen atoms in total. The van der Waals surface area contributed by atoms with Gasteiger partial charge in [0, 0.05) is 29.9 Å². The van der Waals surface area contributed by atoms with Crippen LogP contribution in [0.25, 0.3) is 0 Å². The lowest BCUT2D eigenvalue weighted by atomic mass is 10.1. The van der Waals surface area contributed by atoms with Gasteiger partial charge in [-0.2, -0.15) is 5.10 Å². The zero-order chi connectivity index (χ0) is 16.8. The largest absolute Gasteiger partial charge is 0.331 e. The molecule has 6 heteroatoms. The normalized spacial score (nSPS) is 12.0. The Hall–Kier alpha value is -2.01. The average Bonchev–Trinajstić information content (AvgIpc) is 3.00. The fourth-order valence-electron chi connectivity index (χ4n) is 2.32. The number of nitrogens with zero attached hydrogens (tertiary/aromatic N) is 3. The van der Waals surface area contributed by atoms with Gasteiger partial charge in [0.25, 0.3) is 0 Å². The van der Waals surface area contributed by atoms with Crippen molar-refractivity contribution in [1.29, 1.82) is 0 Å². The molecular weight excluding hydrogens is 312 g/mol. The minimum atomic E-state index is -0.0841. The summed E-state index contributed by atoms with van der Waals surface area (Å²) in [5.41, 5.74) is 2.06. The number of aryl methyl sites for hydroxylation is 1. The lowest BCUT2D eigenvalue weighted by Crippen LogP contribution is -2.40. The predicted octanol–water partition coefficient (Wildman–Crippen LogP) is 3.85. The van der Waals surface area contributed by atoms with Crippen molar-refractivity contribution in [1.82, 2.24) is 20.0 Å². The third-order valence-electron chi connectivity index (χ3n) is 3.76. The summed E-state index contributed by atoms with van der Waals surface area (Å²) in [5, 5.41) is 7.96. The van der Waals surface area contributed by atoms with Gasteiger partial charge in [-0.15, -0.1) is 0 Å². The standard InChI is InChI=1S/C17H23ClN4O/c1-4-21(11-14-10-19-22(5-2)12-14)17(23)20-13(3)15-6-8-16(18)9-7-15/h6-10,12-13H,4-5,11H2,1-3H3,(H,20,23)/t13-/m0/s1. The minimum Gasteiger partial charge on any atom is -0.331 e. The first-order chi connectivity index (χ1) is 11.0. The van der Waals surface area contributed by atoms with Crippen LogP contribution in [0.4, 0.5) is 4.79 Å². The van der Waals surface area contributed by atoms with Crippen molar-refractivity contribution in [3.63, 3.8) is 0 Å². The van der Waals surface area contributed by atoms with Gasteiger partial charge in [-0.3, -0.25) is 4.68 Å². The molecule has 0 fully saturated rings. The van der Waals surface area contributed by atoms with Crippen LogP contribution in [0.5, 0.6) is 0 Å². The summed E-state index contributed by atoms with van der Waals surface area (Å²) in [6, 6.07) is 7.35. The van der Waals surface area contributed by atoms with Gasteiger partial charge in [0.1, 0.15) is 0 Å². The average molecular weight is 335 g/mol. The van der Waals surface area contributed by atoms with E-state index in [2.05, 4.69) is 10.4 Å². The number of nitrogens with one attached hydrogen (secondary N) is 1. The van der Waals surface area contributed by atoms with E-state index in [1.165, 1.54) is 0 Å². The highest BCUT2D eigenvalue weighted by molar-refractivity contribution is 6.30. The smallest absolute Gasteiger partial charge is 0.318 e. The lowest BCUT2D eigenvalue weighted by molar-refractivity contribution is 0.195. The van der Waals surface area contributed by atoms with Gasteiger partial charge in [-0.05, 0) is 38.5 Å². The van der Waals surface area contributed by atoms with Gasteiger partial charge in [0.2, 0.25) is 0 Å². The number of carbonyl (C=O) groups is 1. The van der Waals surface area contributed by atoms with Crippen molar-refractivity contribution in [3.05, 3.63) is 52.8 Å². The van der Waals surface area contributed by atoms with Crippen LogP contribution in [-0.2, 0) is 13.1 Å². The molecule has 0 bridgehead atoms. The molecule has 1 N–H and O–H groups in total. The molecule has 2 aromatic rings. The number of amides is 2. The molecule has 2 amide bonds. The monoisotopic (exact) mass is 334 g/mol. The molecule has 0 aliphatic carbocycles. The zero-order valence-electron chi connectivity index (χ0n) is 13.8. The third-order valence-corrected chi connectivity index (χ3v) is 4.02. The van der Waals surface area contributed by atoms with E-state index in [0.717, 1.165) is 17.7 Å². The van der Waals surface area contributed by atoms with E-state index in [9.17, 15) is 4.79 Å². The highest BCUT2D eigenvalue weighted by Crippen LogP contribution is 2.16. The van der Waals surface area contributed by atoms with E-state index in [1.54, 1.807) is 4.90 Å². The highest BCUT2D eigenvalue weighted by Gasteiger charge is 2.16. The lowest BCUT2D eigenvalue weighted by Gasteiger charge is -2.23. The Labute approximate surface area is 142 Å². The van der Waals surface area contributed by atoms with Crippen molar-refractivity contribution < 1.29 is 4.79 Å². The Bertz CT molecular complexity index is 638. The van der Waals surface area contributed by atoms with Gasteiger partial charge in [0.05, 0.1) is 18.8 Å². The van der Waals surface area contributed by atoms with E-state index in [0.29, 0.717) is 18.1 Å². The Kier molecular flexibility index (Phi) is 6.04. The summed E-state index contributed by atoms with van der Waals surface area (Å²) in [6.45, 7) is 7.98. The molecule has 0 aliphatic heterocycles. The van der Waals surface area contributed by atoms with Crippen molar-refractivity contribution in [2.75, 3.05) is 6.54 Å². The fourth-order valence-corrected chi connectivity index (χ4v) is 2.45. The molecule has 2 rings (SSSR count). The molecule has 0 radical (unpaired) electrons. The molecule has 0 spiro atoms. The van der Waals surface area contributed by atoms with Crippen LogP contribution >= 0.6 is 11.6 Å². The Balaban J connectivity index is 1.97. The number of hydrogen-bond donors (Lipinski definition) is 1. The second-order valence-electron chi connectivity index (χ2n) is 5.44. The molecule has 1 aromatic carbocycles. The summed E-state index contributed by atoms with van der Waals surface area (Å²) in [6.07, 6.45) is 3.78. The number of carbonyl (C=O) groups excluding carboxylic acids is 1. The molecule has 23 heavy (non-hydrogen) atoms. The van der Waals surface area contributed by atoms with E-state index < -0.39 is 0 Å². The van der Waals surface area contributed by atoms with E-state index in [1.807, 2.05) is 62.1 Å². The Morgan fingerprint density at radius 3 is 2.61 bits per heavy atom. The van der Waals surface area contributed by atoms with Crippen LogP contribution < -0.4 is 5.32 Å². The number of urea groups is 1. The Morgan fingerprint density at radius 2 is 2.04 bits per heavy atom. The predicted molar refractivity (Wildman–Crippen MR) is 92.4 cm³/mol. The number of aromatic nitrogens is 2.